The fraction of sp³-hybridized carbons (Fsp3) is 0.571. The minimum atomic E-state index is -0.361. The first-order chi connectivity index (χ1) is 8.10. The molecule has 17 heavy (non-hydrogen) atoms. The maximum atomic E-state index is 13.2. The molecule has 2 unspecified atom stereocenters. The number of likely N-dealkylation sites (tertiary alicyclic amines) is 1. The van der Waals surface area contributed by atoms with E-state index in [0.717, 1.165) is 24.6 Å². The summed E-state index contributed by atoms with van der Waals surface area (Å²) in [5, 5.41) is 9.40. The first-order valence-electron chi connectivity index (χ1n) is 6.34. The molecule has 94 valence electrons. The van der Waals surface area contributed by atoms with Crippen LogP contribution in [0.4, 0.5) is 4.39 Å². The Bertz CT molecular complexity index is 374. The second kappa shape index (κ2) is 5.05. The Morgan fingerprint density at radius 2 is 2.12 bits per heavy atom. The first-order valence-corrected chi connectivity index (χ1v) is 6.34. The average molecular weight is 237 g/mol. The molecule has 2 nitrogen and oxygen atoms in total. The molecule has 2 rings (SSSR count). The van der Waals surface area contributed by atoms with Gasteiger partial charge in [0.2, 0.25) is 0 Å². The van der Waals surface area contributed by atoms with Crippen molar-refractivity contribution < 1.29 is 9.50 Å². The van der Waals surface area contributed by atoms with Gasteiger partial charge in [0.15, 0.2) is 0 Å². The van der Waals surface area contributed by atoms with E-state index < -0.39 is 0 Å². The first kappa shape index (κ1) is 12.4. The van der Waals surface area contributed by atoms with Crippen molar-refractivity contribution >= 4 is 0 Å². The topological polar surface area (TPSA) is 23.5 Å². The third kappa shape index (κ3) is 2.78. The third-order valence-electron chi connectivity index (χ3n) is 3.73. The lowest BCUT2D eigenvalue weighted by molar-refractivity contribution is 0.189. The number of hydrogen-bond donors (Lipinski definition) is 1. The van der Waals surface area contributed by atoms with Crippen LogP contribution in [0.2, 0.25) is 0 Å². The lowest BCUT2D eigenvalue weighted by Gasteiger charge is -2.27. The molecule has 0 bridgehead atoms. The number of rotatable bonds is 3. The molecule has 1 aliphatic rings. The van der Waals surface area contributed by atoms with Crippen molar-refractivity contribution in [1.82, 2.24) is 4.90 Å². The Balaban J connectivity index is 2.13. The fourth-order valence-electron chi connectivity index (χ4n) is 2.78. The molecule has 1 aliphatic heterocycles. The SMILES string of the molecule is CCC1CCC(C)N1Cc1cc(O)cc(F)c1. The van der Waals surface area contributed by atoms with Gasteiger partial charge in [0.25, 0.3) is 0 Å². The molecule has 0 aromatic heterocycles. The molecular weight excluding hydrogens is 217 g/mol. The second-order valence-corrected chi connectivity index (χ2v) is 4.98. The van der Waals surface area contributed by atoms with Crippen molar-refractivity contribution in [3.63, 3.8) is 0 Å². The van der Waals surface area contributed by atoms with Crippen LogP contribution < -0.4 is 0 Å². The van der Waals surface area contributed by atoms with E-state index >= 15 is 0 Å². The van der Waals surface area contributed by atoms with Crippen molar-refractivity contribution in [3.05, 3.63) is 29.6 Å². The molecule has 0 spiro atoms. The van der Waals surface area contributed by atoms with Crippen molar-refractivity contribution in [3.8, 4) is 5.75 Å². The summed E-state index contributed by atoms with van der Waals surface area (Å²) in [4.78, 5) is 2.41. The van der Waals surface area contributed by atoms with Gasteiger partial charge in [0.1, 0.15) is 11.6 Å². The summed E-state index contributed by atoms with van der Waals surface area (Å²) in [5.41, 5.74) is 0.856. The van der Waals surface area contributed by atoms with E-state index in [1.807, 2.05) is 0 Å². The lowest BCUT2D eigenvalue weighted by Crippen LogP contribution is -2.33. The molecule has 0 radical (unpaired) electrons. The summed E-state index contributed by atoms with van der Waals surface area (Å²) >= 11 is 0. The molecule has 1 saturated heterocycles. The minimum Gasteiger partial charge on any atom is -0.508 e. The molecule has 1 fully saturated rings. The van der Waals surface area contributed by atoms with Crippen LogP contribution in [-0.2, 0) is 6.54 Å². The van der Waals surface area contributed by atoms with Crippen LogP contribution in [0.25, 0.3) is 0 Å². The third-order valence-corrected chi connectivity index (χ3v) is 3.73. The molecule has 1 aromatic carbocycles. The fourth-order valence-corrected chi connectivity index (χ4v) is 2.78. The maximum Gasteiger partial charge on any atom is 0.127 e. The van der Waals surface area contributed by atoms with Crippen molar-refractivity contribution in [2.75, 3.05) is 0 Å². The summed E-state index contributed by atoms with van der Waals surface area (Å²) in [6.45, 7) is 5.14. The predicted octanol–water partition coefficient (Wildman–Crippen LogP) is 3.29. The van der Waals surface area contributed by atoms with Crippen LogP contribution in [0.3, 0.4) is 0 Å². The molecule has 1 N–H and O–H groups in total. The predicted molar refractivity (Wildman–Crippen MR) is 66.4 cm³/mol. The van der Waals surface area contributed by atoms with Crippen LogP contribution in [0.5, 0.6) is 5.75 Å². The highest BCUT2D eigenvalue weighted by Crippen LogP contribution is 2.28. The van der Waals surface area contributed by atoms with Gasteiger partial charge in [-0.3, -0.25) is 4.90 Å². The number of phenols is 1. The highest BCUT2D eigenvalue weighted by Gasteiger charge is 2.29. The smallest absolute Gasteiger partial charge is 0.127 e. The normalized spacial score (nSPS) is 25.4. The Kier molecular flexibility index (Phi) is 3.67. The Labute approximate surface area is 102 Å². The van der Waals surface area contributed by atoms with Gasteiger partial charge in [-0.05, 0) is 43.9 Å². The monoisotopic (exact) mass is 237 g/mol. The van der Waals surface area contributed by atoms with Crippen LogP contribution in [0, 0.1) is 5.82 Å². The van der Waals surface area contributed by atoms with Gasteiger partial charge in [-0.1, -0.05) is 6.92 Å². The molecule has 1 aromatic rings. The number of benzene rings is 1. The van der Waals surface area contributed by atoms with E-state index in [4.69, 9.17) is 0 Å². The summed E-state index contributed by atoms with van der Waals surface area (Å²) in [6.07, 6.45) is 3.56. The standard InChI is InChI=1S/C14H20FNO/c1-3-13-5-4-10(2)16(13)9-11-6-12(15)8-14(17)7-11/h6-8,10,13,17H,3-5,9H2,1-2H3. The van der Waals surface area contributed by atoms with Crippen LogP contribution >= 0.6 is 0 Å². The van der Waals surface area contributed by atoms with Gasteiger partial charge in [0.05, 0.1) is 0 Å². The number of halogens is 1. The van der Waals surface area contributed by atoms with E-state index in [0.29, 0.717) is 12.1 Å². The lowest BCUT2D eigenvalue weighted by atomic mass is 10.1. The molecule has 3 heteroatoms. The maximum absolute atomic E-state index is 13.2. The van der Waals surface area contributed by atoms with E-state index in [9.17, 15) is 9.50 Å². The quantitative estimate of drug-likeness (QED) is 0.872. The zero-order chi connectivity index (χ0) is 12.4. The van der Waals surface area contributed by atoms with Gasteiger partial charge in [-0.25, -0.2) is 4.39 Å². The van der Waals surface area contributed by atoms with Crippen molar-refractivity contribution in [2.45, 2.75) is 51.7 Å². The zero-order valence-electron chi connectivity index (χ0n) is 10.5. The Morgan fingerprint density at radius 1 is 1.35 bits per heavy atom. The van der Waals surface area contributed by atoms with E-state index in [-0.39, 0.29) is 11.6 Å². The van der Waals surface area contributed by atoms with Gasteiger partial charge in [-0.2, -0.15) is 0 Å². The Hall–Kier alpha value is -1.09. The van der Waals surface area contributed by atoms with Gasteiger partial charge < -0.3 is 5.11 Å². The van der Waals surface area contributed by atoms with E-state index in [1.54, 1.807) is 6.07 Å². The van der Waals surface area contributed by atoms with Gasteiger partial charge in [0, 0.05) is 24.7 Å². The van der Waals surface area contributed by atoms with E-state index in [1.165, 1.54) is 18.9 Å². The summed E-state index contributed by atoms with van der Waals surface area (Å²) in [6, 6.07) is 5.45. The molecular formula is C14H20FNO. The number of nitrogens with zero attached hydrogens (tertiary/aromatic N) is 1. The number of phenolic OH excluding ortho intramolecular Hbond substituents is 1. The van der Waals surface area contributed by atoms with Gasteiger partial charge >= 0.3 is 0 Å². The summed E-state index contributed by atoms with van der Waals surface area (Å²) in [7, 11) is 0. The second-order valence-electron chi connectivity index (χ2n) is 4.98. The van der Waals surface area contributed by atoms with Crippen molar-refractivity contribution in [1.29, 1.82) is 0 Å². The highest BCUT2D eigenvalue weighted by molar-refractivity contribution is 5.28. The minimum absolute atomic E-state index is 0.0138. The number of aromatic hydroxyl groups is 1. The van der Waals surface area contributed by atoms with Gasteiger partial charge in [-0.15, -0.1) is 0 Å². The summed E-state index contributed by atoms with van der Waals surface area (Å²) in [5.74, 6) is -0.347. The molecule has 0 amide bonds. The summed E-state index contributed by atoms with van der Waals surface area (Å²) < 4.78 is 13.2. The molecule has 0 aliphatic carbocycles. The molecule has 2 atom stereocenters. The number of hydrogen-bond acceptors (Lipinski definition) is 2. The van der Waals surface area contributed by atoms with Crippen LogP contribution in [0.15, 0.2) is 18.2 Å². The van der Waals surface area contributed by atoms with Crippen LogP contribution in [0.1, 0.15) is 38.7 Å². The largest absolute Gasteiger partial charge is 0.508 e. The highest BCUT2D eigenvalue weighted by atomic mass is 19.1. The van der Waals surface area contributed by atoms with E-state index in [2.05, 4.69) is 18.7 Å². The Morgan fingerprint density at radius 3 is 2.76 bits per heavy atom. The van der Waals surface area contributed by atoms with Crippen molar-refractivity contribution in [2.24, 2.45) is 0 Å². The average Bonchev–Trinajstić information content (AvgIpc) is 2.59. The van der Waals surface area contributed by atoms with Crippen LogP contribution in [-0.4, -0.2) is 22.1 Å². The molecule has 1 heterocycles. The zero-order valence-corrected chi connectivity index (χ0v) is 10.5. The molecule has 0 saturated carbocycles.